The van der Waals surface area contributed by atoms with E-state index < -0.39 is 0 Å². The average Bonchev–Trinajstić information content (AvgIpc) is 2.53. The first-order valence-electron chi connectivity index (χ1n) is 4.01. The van der Waals surface area contributed by atoms with Gasteiger partial charge < -0.3 is 4.31 Å². The van der Waals surface area contributed by atoms with Crippen molar-refractivity contribution in [1.82, 2.24) is 4.31 Å². The van der Waals surface area contributed by atoms with Gasteiger partial charge in [0.2, 0.25) is 0 Å². The monoisotopic (exact) mass is 200 g/mol. The minimum absolute atomic E-state index is 0.832. The second kappa shape index (κ2) is 5.39. The van der Waals surface area contributed by atoms with Crippen molar-refractivity contribution in [1.29, 1.82) is 5.26 Å². The summed E-state index contributed by atoms with van der Waals surface area (Å²) in [5.74, 6) is 2.09. The van der Waals surface area contributed by atoms with E-state index in [4.69, 9.17) is 5.26 Å². The van der Waals surface area contributed by atoms with Crippen molar-refractivity contribution in [2.24, 2.45) is 0 Å². The molecule has 0 radical (unpaired) electrons. The Kier molecular flexibility index (Phi) is 4.41. The molecule has 0 spiro atoms. The molecule has 0 atom stereocenters. The third-order valence-electron chi connectivity index (χ3n) is 1.47. The standard InChI is InChI=1S/C8H12N2S2/c1-2-3-4-12-10-6-8(5-9)11-7-10/h6H,2-4,7H2,1H3. The Labute approximate surface area is 82.1 Å². The zero-order valence-electron chi connectivity index (χ0n) is 7.12. The number of nitrogens with zero attached hydrogens (tertiary/aromatic N) is 2. The van der Waals surface area contributed by atoms with Crippen molar-refractivity contribution in [3.05, 3.63) is 11.1 Å². The molecule has 66 valence electrons. The van der Waals surface area contributed by atoms with Crippen LogP contribution in [0.15, 0.2) is 11.1 Å². The zero-order chi connectivity index (χ0) is 8.81. The number of nitriles is 1. The first-order chi connectivity index (χ1) is 5.86. The summed E-state index contributed by atoms with van der Waals surface area (Å²) in [5, 5.41) is 8.58. The maximum absolute atomic E-state index is 8.58. The van der Waals surface area contributed by atoms with Gasteiger partial charge in [0.15, 0.2) is 0 Å². The fraction of sp³-hybridized carbons (Fsp3) is 0.625. The lowest BCUT2D eigenvalue weighted by atomic mass is 10.4. The molecule has 0 bridgehead atoms. The van der Waals surface area contributed by atoms with E-state index in [2.05, 4.69) is 17.3 Å². The maximum Gasteiger partial charge on any atom is 0.108 e. The molecule has 1 rings (SSSR count). The summed E-state index contributed by atoms with van der Waals surface area (Å²) >= 11 is 3.43. The van der Waals surface area contributed by atoms with Crippen molar-refractivity contribution in [2.45, 2.75) is 19.8 Å². The lowest BCUT2D eigenvalue weighted by Crippen LogP contribution is -2.02. The van der Waals surface area contributed by atoms with Gasteiger partial charge in [-0.05, 0) is 18.4 Å². The van der Waals surface area contributed by atoms with Crippen LogP contribution in [0.3, 0.4) is 0 Å². The molecule has 0 N–H and O–H groups in total. The van der Waals surface area contributed by atoms with E-state index in [9.17, 15) is 0 Å². The number of unbranched alkanes of at least 4 members (excludes halogenated alkanes) is 1. The van der Waals surface area contributed by atoms with Gasteiger partial charge in [0.25, 0.3) is 0 Å². The molecule has 0 aromatic heterocycles. The van der Waals surface area contributed by atoms with Crippen LogP contribution in [0.25, 0.3) is 0 Å². The summed E-state index contributed by atoms with van der Waals surface area (Å²) in [6.45, 7) is 2.19. The van der Waals surface area contributed by atoms with E-state index in [0.29, 0.717) is 0 Å². The highest BCUT2D eigenvalue weighted by Crippen LogP contribution is 2.29. The molecule has 2 nitrogen and oxygen atoms in total. The fourth-order valence-electron chi connectivity index (χ4n) is 0.800. The minimum Gasteiger partial charge on any atom is -0.311 e. The van der Waals surface area contributed by atoms with Crippen molar-refractivity contribution in [2.75, 3.05) is 11.6 Å². The molecular weight excluding hydrogens is 188 g/mol. The highest BCUT2D eigenvalue weighted by molar-refractivity contribution is 8.05. The number of hydrogen-bond donors (Lipinski definition) is 0. The SMILES string of the molecule is CCCCSN1C=C(C#N)SC1. The highest BCUT2D eigenvalue weighted by Gasteiger charge is 2.11. The topological polar surface area (TPSA) is 27.0 Å². The molecule has 0 saturated carbocycles. The van der Waals surface area contributed by atoms with Crippen molar-refractivity contribution in [3.63, 3.8) is 0 Å². The molecule has 1 aliphatic heterocycles. The Morgan fingerprint density at radius 2 is 2.67 bits per heavy atom. The quantitative estimate of drug-likeness (QED) is 0.515. The van der Waals surface area contributed by atoms with Gasteiger partial charge in [-0.15, -0.1) is 0 Å². The van der Waals surface area contributed by atoms with Crippen molar-refractivity contribution in [3.8, 4) is 6.07 Å². The molecule has 0 amide bonds. The molecule has 0 aromatic rings. The van der Waals surface area contributed by atoms with Crippen molar-refractivity contribution >= 4 is 23.7 Å². The van der Waals surface area contributed by atoms with Gasteiger partial charge in [0.1, 0.15) is 11.0 Å². The number of thioether (sulfide) groups is 1. The summed E-state index contributed by atoms with van der Waals surface area (Å²) < 4.78 is 2.14. The lowest BCUT2D eigenvalue weighted by Gasteiger charge is -2.11. The van der Waals surface area contributed by atoms with Crippen LogP contribution >= 0.6 is 23.7 Å². The Balaban J connectivity index is 2.19. The van der Waals surface area contributed by atoms with E-state index in [-0.39, 0.29) is 0 Å². The Morgan fingerprint density at radius 1 is 1.83 bits per heavy atom. The summed E-state index contributed by atoms with van der Waals surface area (Å²) in [5.41, 5.74) is 0. The van der Waals surface area contributed by atoms with E-state index in [0.717, 1.165) is 16.5 Å². The Bertz CT molecular complexity index is 208. The van der Waals surface area contributed by atoms with Gasteiger partial charge in [-0.3, -0.25) is 0 Å². The van der Waals surface area contributed by atoms with Crippen LogP contribution in [0.5, 0.6) is 0 Å². The first-order valence-corrected chi connectivity index (χ1v) is 5.94. The van der Waals surface area contributed by atoms with Gasteiger partial charge >= 0.3 is 0 Å². The van der Waals surface area contributed by atoms with E-state index >= 15 is 0 Å². The Morgan fingerprint density at radius 3 is 3.25 bits per heavy atom. The predicted octanol–water partition coefficient (Wildman–Crippen LogP) is 2.81. The molecular formula is C8H12N2S2. The molecule has 0 aromatic carbocycles. The highest BCUT2D eigenvalue weighted by atomic mass is 32.2. The summed E-state index contributed by atoms with van der Waals surface area (Å²) in [4.78, 5) is 0.832. The summed E-state index contributed by atoms with van der Waals surface area (Å²) in [6, 6.07) is 2.15. The third kappa shape index (κ3) is 3.00. The van der Waals surface area contributed by atoms with Gasteiger partial charge in [-0.25, -0.2) is 0 Å². The zero-order valence-corrected chi connectivity index (χ0v) is 8.75. The van der Waals surface area contributed by atoms with Crippen LogP contribution in [-0.4, -0.2) is 15.9 Å². The van der Waals surface area contributed by atoms with Crippen LogP contribution in [0.2, 0.25) is 0 Å². The van der Waals surface area contributed by atoms with Crippen LogP contribution in [0, 0.1) is 11.3 Å². The predicted molar refractivity (Wildman–Crippen MR) is 55.4 cm³/mol. The summed E-state index contributed by atoms with van der Waals surface area (Å²) in [7, 11) is 0. The largest absolute Gasteiger partial charge is 0.311 e. The molecule has 1 heterocycles. The Hall–Kier alpha value is -0.270. The maximum atomic E-state index is 8.58. The second-order valence-electron chi connectivity index (χ2n) is 2.48. The van der Waals surface area contributed by atoms with Crippen LogP contribution in [0.4, 0.5) is 0 Å². The number of allylic oxidation sites excluding steroid dienone is 1. The minimum atomic E-state index is 0.832. The molecule has 0 aliphatic carbocycles. The van der Waals surface area contributed by atoms with Crippen LogP contribution < -0.4 is 0 Å². The van der Waals surface area contributed by atoms with Gasteiger partial charge in [0, 0.05) is 12.0 Å². The number of rotatable bonds is 4. The van der Waals surface area contributed by atoms with Gasteiger partial charge in [0.05, 0.1) is 5.88 Å². The van der Waals surface area contributed by atoms with E-state index in [1.165, 1.54) is 12.8 Å². The van der Waals surface area contributed by atoms with Crippen molar-refractivity contribution < 1.29 is 0 Å². The third-order valence-corrected chi connectivity index (χ3v) is 3.59. The fourth-order valence-corrected chi connectivity index (χ4v) is 2.76. The van der Waals surface area contributed by atoms with Gasteiger partial charge in [-0.1, -0.05) is 25.1 Å². The van der Waals surface area contributed by atoms with Gasteiger partial charge in [-0.2, -0.15) is 5.26 Å². The molecule has 0 saturated heterocycles. The average molecular weight is 200 g/mol. The normalized spacial score (nSPS) is 16.0. The van der Waals surface area contributed by atoms with E-state index in [1.54, 1.807) is 11.8 Å². The van der Waals surface area contributed by atoms with Crippen LogP contribution in [0.1, 0.15) is 19.8 Å². The first kappa shape index (κ1) is 9.82. The molecule has 0 unspecified atom stereocenters. The van der Waals surface area contributed by atoms with E-state index in [1.807, 2.05) is 18.1 Å². The smallest absolute Gasteiger partial charge is 0.108 e. The molecule has 1 aliphatic rings. The molecule has 12 heavy (non-hydrogen) atoms. The number of hydrogen-bond acceptors (Lipinski definition) is 4. The lowest BCUT2D eigenvalue weighted by molar-refractivity contribution is 0.750. The molecule has 0 fully saturated rings. The molecule has 4 heteroatoms. The van der Waals surface area contributed by atoms with Crippen LogP contribution in [-0.2, 0) is 0 Å². The second-order valence-corrected chi connectivity index (χ2v) is 4.60. The summed E-state index contributed by atoms with van der Waals surface area (Å²) in [6.07, 6.45) is 4.43.